The van der Waals surface area contributed by atoms with Crippen LogP contribution in [0.1, 0.15) is 95.2 Å². The molecule has 0 fully saturated rings. The van der Waals surface area contributed by atoms with Crippen LogP contribution in [0.3, 0.4) is 0 Å². The van der Waals surface area contributed by atoms with Crippen LogP contribution in [0.4, 0.5) is 0 Å². The molecular weight excluding hydrogens is 452 g/mol. The van der Waals surface area contributed by atoms with E-state index in [0.717, 1.165) is 17.5 Å². The van der Waals surface area contributed by atoms with E-state index in [0.29, 0.717) is 36.2 Å². The Labute approximate surface area is 222 Å². The lowest BCUT2D eigenvalue weighted by Gasteiger charge is -2.17. The second-order valence-corrected chi connectivity index (χ2v) is 11.2. The number of phenols is 2. The van der Waals surface area contributed by atoms with E-state index >= 15 is 0 Å². The predicted molar refractivity (Wildman–Crippen MR) is 155 cm³/mol. The third-order valence-electron chi connectivity index (χ3n) is 7.41. The standard InChI is InChI=1S/C35H40O2/c1-22(2)26-11-13-34(36)32(17-26)19-28-9-7-24(5)15-30(28)21-31-16-25(6)8-10-29(31)20-33-18-27(23(3)4)12-14-35(33)37/h7-18,22-23,36-37H,19-21H2,1-6H3. The molecule has 0 heterocycles. The van der Waals surface area contributed by atoms with E-state index in [4.69, 9.17) is 0 Å². The molecule has 0 amide bonds. The van der Waals surface area contributed by atoms with E-state index in [1.54, 1.807) is 0 Å². The maximum atomic E-state index is 10.6. The number of rotatable bonds is 8. The quantitative estimate of drug-likeness (QED) is 0.258. The summed E-state index contributed by atoms with van der Waals surface area (Å²) in [6, 6.07) is 25.3. The van der Waals surface area contributed by atoms with Gasteiger partial charge >= 0.3 is 0 Å². The third-order valence-corrected chi connectivity index (χ3v) is 7.41. The van der Waals surface area contributed by atoms with E-state index in [2.05, 4.69) is 90.1 Å². The van der Waals surface area contributed by atoms with Crippen LogP contribution in [0.25, 0.3) is 0 Å². The van der Waals surface area contributed by atoms with Crippen molar-refractivity contribution in [1.82, 2.24) is 0 Å². The Kier molecular flexibility index (Phi) is 8.07. The molecule has 4 aromatic carbocycles. The molecule has 2 N–H and O–H groups in total. The Hall–Kier alpha value is -3.52. The lowest BCUT2D eigenvalue weighted by molar-refractivity contribution is 0.468. The average Bonchev–Trinajstić information content (AvgIpc) is 2.84. The second kappa shape index (κ2) is 11.3. The highest BCUT2D eigenvalue weighted by atomic mass is 16.3. The van der Waals surface area contributed by atoms with Gasteiger partial charge in [-0.1, -0.05) is 99.5 Å². The van der Waals surface area contributed by atoms with Gasteiger partial charge in [-0.3, -0.25) is 0 Å². The van der Waals surface area contributed by atoms with Crippen LogP contribution in [0, 0.1) is 13.8 Å². The summed E-state index contributed by atoms with van der Waals surface area (Å²) in [7, 11) is 0. The van der Waals surface area contributed by atoms with Gasteiger partial charge in [0.2, 0.25) is 0 Å². The van der Waals surface area contributed by atoms with Crippen molar-refractivity contribution in [3.63, 3.8) is 0 Å². The molecule has 0 radical (unpaired) electrons. The van der Waals surface area contributed by atoms with Crippen molar-refractivity contribution < 1.29 is 10.2 Å². The SMILES string of the molecule is Cc1ccc(Cc2cc(C(C)C)ccc2O)c(Cc2cc(C)ccc2Cc2cc(C(C)C)ccc2O)c1. The molecule has 2 nitrogen and oxygen atoms in total. The van der Waals surface area contributed by atoms with Crippen LogP contribution >= 0.6 is 0 Å². The Bertz CT molecular complexity index is 1290. The molecule has 0 aromatic heterocycles. The molecule has 0 bridgehead atoms. The van der Waals surface area contributed by atoms with Crippen LogP contribution in [0.15, 0.2) is 72.8 Å². The van der Waals surface area contributed by atoms with Crippen molar-refractivity contribution in [2.45, 2.75) is 72.6 Å². The molecule has 4 aromatic rings. The summed E-state index contributed by atoms with van der Waals surface area (Å²) in [5.74, 6) is 1.54. The molecule has 0 aliphatic carbocycles. The number of phenolic OH excluding ortho intramolecular Hbond substituents is 2. The summed E-state index contributed by atoms with van der Waals surface area (Å²) in [6.45, 7) is 13.0. The van der Waals surface area contributed by atoms with Crippen molar-refractivity contribution >= 4 is 0 Å². The minimum atomic E-state index is 0.354. The van der Waals surface area contributed by atoms with Gasteiger partial charge in [-0.2, -0.15) is 0 Å². The van der Waals surface area contributed by atoms with Crippen molar-refractivity contribution in [3.05, 3.63) is 128 Å². The fourth-order valence-corrected chi connectivity index (χ4v) is 5.01. The molecule has 4 rings (SSSR count). The maximum Gasteiger partial charge on any atom is 0.119 e. The van der Waals surface area contributed by atoms with Crippen molar-refractivity contribution in [2.24, 2.45) is 0 Å². The molecule has 0 saturated carbocycles. The summed E-state index contributed by atoms with van der Waals surface area (Å²) < 4.78 is 0. The zero-order valence-electron chi connectivity index (χ0n) is 23.1. The molecule has 0 spiro atoms. The summed E-state index contributed by atoms with van der Waals surface area (Å²) in [4.78, 5) is 0. The zero-order chi connectivity index (χ0) is 26.7. The highest BCUT2D eigenvalue weighted by Crippen LogP contribution is 2.30. The molecular formula is C35H40O2. The van der Waals surface area contributed by atoms with Crippen molar-refractivity contribution in [1.29, 1.82) is 0 Å². The van der Waals surface area contributed by atoms with Gasteiger partial charge in [-0.15, -0.1) is 0 Å². The van der Waals surface area contributed by atoms with Crippen molar-refractivity contribution in [2.75, 3.05) is 0 Å². The van der Waals surface area contributed by atoms with E-state index in [9.17, 15) is 10.2 Å². The first-order valence-corrected chi connectivity index (χ1v) is 13.4. The zero-order valence-corrected chi connectivity index (χ0v) is 23.1. The number of benzene rings is 4. The van der Waals surface area contributed by atoms with Crippen LogP contribution < -0.4 is 0 Å². The molecule has 192 valence electrons. The maximum absolute atomic E-state index is 10.6. The van der Waals surface area contributed by atoms with Gasteiger partial charge in [-0.05, 0) is 88.7 Å². The topological polar surface area (TPSA) is 40.5 Å². The number of hydrogen-bond donors (Lipinski definition) is 2. The van der Waals surface area contributed by atoms with Gasteiger partial charge in [0.25, 0.3) is 0 Å². The molecule has 0 unspecified atom stereocenters. The Morgan fingerprint density at radius 1 is 0.459 bits per heavy atom. The Morgan fingerprint density at radius 2 is 0.838 bits per heavy atom. The van der Waals surface area contributed by atoms with Gasteiger partial charge in [-0.25, -0.2) is 0 Å². The van der Waals surface area contributed by atoms with Crippen LogP contribution in [-0.4, -0.2) is 10.2 Å². The van der Waals surface area contributed by atoms with Gasteiger partial charge < -0.3 is 10.2 Å². The minimum absolute atomic E-state index is 0.354. The summed E-state index contributed by atoms with van der Waals surface area (Å²) in [5, 5.41) is 21.2. The van der Waals surface area contributed by atoms with E-state index < -0.39 is 0 Å². The highest BCUT2D eigenvalue weighted by molar-refractivity contribution is 5.47. The van der Waals surface area contributed by atoms with Crippen molar-refractivity contribution in [3.8, 4) is 11.5 Å². The molecule has 0 aliphatic heterocycles. The molecule has 37 heavy (non-hydrogen) atoms. The normalized spacial score (nSPS) is 11.5. The van der Waals surface area contributed by atoms with Gasteiger partial charge in [0.15, 0.2) is 0 Å². The van der Waals surface area contributed by atoms with Crippen LogP contribution in [0.2, 0.25) is 0 Å². The molecule has 0 aliphatic rings. The highest BCUT2D eigenvalue weighted by Gasteiger charge is 2.14. The second-order valence-electron chi connectivity index (χ2n) is 11.2. The first-order valence-electron chi connectivity index (χ1n) is 13.4. The smallest absolute Gasteiger partial charge is 0.119 e. The summed E-state index contributed by atoms with van der Waals surface area (Å²) in [6.07, 6.45) is 2.20. The van der Waals surface area contributed by atoms with Gasteiger partial charge in [0.1, 0.15) is 11.5 Å². The fourth-order valence-electron chi connectivity index (χ4n) is 5.01. The largest absolute Gasteiger partial charge is 0.508 e. The number of aryl methyl sites for hydroxylation is 2. The number of aromatic hydroxyl groups is 2. The first kappa shape index (κ1) is 26.5. The average molecular weight is 493 g/mol. The lowest BCUT2D eigenvalue weighted by atomic mass is 9.88. The van der Waals surface area contributed by atoms with Gasteiger partial charge in [0.05, 0.1) is 0 Å². The molecule has 0 saturated heterocycles. The van der Waals surface area contributed by atoms with Crippen LogP contribution in [0.5, 0.6) is 11.5 Å². The van der Waals surface area contributed by atoms with E-state index in [1.165, 1.54) is 44.5 Å². The van der Waals surface area contributed by atoms with E-state index in [1.807, 2.05) is 24.3 Å². The fraction of sp³-hybridized carbons (Fsp3) is 0.314. The predicted octanol–water partition coefficient (Wildman–Crippen LogP) is 8.73. The van der Waals surface area contributed by atoms with Gasteiger partial charge in [0, 0.05) is 12.8 Å². The minimum Gasteiger partial charge on any atom is -0.508 e. The Morgan fingerprint density at radius 3 is 1.22 bits per heavy atom. The lowest BCUT2D eigenvalue weighted by Crippen LogP contribution is -2.03. The van der Waals surface area contributed by atoms with Crippen LogP contribution in [-0.2, 0) is 19.3 Å². The summed E-state index contributed by atoms with van der Waals surface area (Å²) >= 11 is 0. The summed E-state index contributed by atoms with van der Waals surface area (Å²) in [5.41, 5.74) is 11.9. The first-order chi connectivity index (χ1) is 17.6. The van der Waals surface area contributed by atoms with E-state index in [-0.39, 0.29) is 0 Å². The Balaban J connectivity index is 1.70. The monoisotopic (exact) mass is 492 g/mol. The number of hydrogen-bond acceptors (Lipinski definition) is 2. The third kappa shape index (κ3) is 6.43. The molecule has 0 atom stereocenters. The molecule has 2 heteroatoms.